The molecule has 0 spiro atoms. The Balaban J connectivity index is 1.55. The molecule has 0 unspecified atom stereocenters. The molecule has 27 heavy (non-hydrogen) atoms. The number of para-hydroxylation sites is 2. The van der Waals surface area contributed by atoms with Gasteiger partial charge < -0.3 is 14.5 Å². The van der Waals surface area contributed by atoms with Crippen molar-refractivity contribution < 1.29 is 22.4 Å². The molecule has 0 radical (unpaired) electrons. The summed E-state index contributed by atoms with van der Waals surface area (Å²) >= 11 is 1.15. The van der Waals surface area contributed by atoms with E-state index in [1.54, 1.807) is 26.2 Å². The maximum absolute atomic E-state index is 12.4. The van der Waals surface area contributed by atoms with Crippen LogP contribution in [0.15, 0.2) is 33.9 Å². The Bertz CT molecular complexity index is 913. The van der Waals surface area contributed by atoms with Crippen LogP contribution < -0.4 is 10.1 Å². The van der Waals surface area contributed by atoms with Crippen molar-refractivity contribution >= 4 is 33.2 Å². The summed E-state index contributed by atoms with van der Waals surface area (Å²) in [5, 5.41) is 10.6. The lowest BCUT2D eigenvalue weighted by molar-refractivity contribution is -0.115. The van der Waals surface area contributed by atoms with Crippen molar-refractivity contribution in [3.8, 4) is 5.75 Å². The van der Waals surface area contributed by atoms with Crippen molar-refractivity contribution in [3.63, 3.8) is 0 Å². The van der Waals surface area contributed by atoms with Crippen molar-refractivity contribution in [1.82, 2.24) is 10.2 Å². The minimum atomic E-state index is -2.93. The van der Waals surface area contributed by atoms with E-state index in [2.05, 4.69) is 15.5 Å². The van der Waals surface area contributed by atoms with Gasteiger partial charge in [-0.2, -0.15) is 0 Å². The van der Waals surface area contributed by atoms with Crippen LogP contribution in [0.3, 0.4) is 0 Å². The number of sulfone groups is 1. The van der Waals surface area contributed by atoms with E-state index in [1.807, 2.05) is 12.1 Å². The number of nitrogens with zero attached hydrogens (tertiary/aromatic N) is 2. The van der Waals surface area contributed by atoms with Gasteiger partial charge in [0, 0.05) is 6.42 Å². The smallest absolute Gasteiger partial charge is 0.277 e. The number of hydrogen-bond acceptors (Lipinski definition) is 8. The SMILES string of the molecule is COc1ccccc1NC(=O)[C@H](C)Sc1nnc(C[C@H]2CCS(=O)(=O)C2)o1. The molecule has 2 aromatic rings. The number of nitrogens with one attached hydrogen (secondary N) is 1. The summed E-state index contributed by atoms with van der Waals surface area (Å²) in [6.07, 6.45) is 1.06. The summed E-state index contributed by atoms with van der Waals surface area (Å²) < 4.78 is 33.8. The number of carbonyl (C=O) groups is 1. The molecule has 3 rings (SSSR count). The summed E-state index contributed by atoms with van der Waals surface area (Å²) in [5.74, 6) is 1.15. The van der Waals surface area contributed by atoms with E-state index in [4.69, 9.17) is 9.15 Å². The maximum Gasteiger partial charge on any atom is 0.277 e. The second kappa shape index (κ2) is 8.30. The van der Waals surface area contributed by atoms with Gasteiger partial charge >= 0.3 is 0 Å². The highest BCUT2D eigenvalue weighted by Gasteiger charge is 2.29. The fourth-order valence-corrected chi connectivity index (χ4v) is 5.40. The van der Waals surface area contributed by atoms with Gasteiger partial charge in [-0.1, -0.05) is 23.9 Å². The summed E-state index contributed by atoms with van der Waals surface area (Å²) in [6, 6.07) is 7.15. The summed E-state index contributed by atoms with van der Waals surface area (Å²) in [6.45, 7) is 1.74. The molecule has 0 saturated carbocycles. The molecule has 8 nitrogen and oxygen atoms in total. The van der Waals surface area contributed by atoms with Crippen LogP contribution in [0.4, 0.5) is 5.69 Å². The maximum atomic E-state index is 12.4. The van der Waals surface area contributed by atoms with E-state index in [1.165, 1.54) is 0 Å². The number of aromatic nitrogens is 2. The molecule has 1 amide bonds. The first kappa shape index (κ1) is 19.7. The van der Waals surface area contributed by atoms with E-state index >= 15 is 0 Å². The van der Waals surface area contributed by atoms with E-state index in [-0.39, 0.29) is 28.6 Å². The van der Waals surface area contributed by atoms with Gasteiger partial charge in [-0.15, -0.1) is 10.2 Å². The average molecular weight is 412 g/mol. The Morgan fingerprint density at radius 1 is 1.41 bits per heavy atom. The Hall–Kier alpha value is -2.07. The van der Waals surface area contributed by atoms with Crippen LogP contribution in [0.1, 0.15) is 19.2 Å². The van der Waals surface area contributed by atoms with Gasteiger partial charge in [0.25, 0.3) is 5.22 Å². The summed E-state index contributed by atoms with van der Waals surface area (Å²) in [7, 11) is -1.39. The van der Waals surface area contributed by atoms with Crippen LogP contribution in [-0.2, 0) is 21.1 Å². The highest BCUT2D eigenvalue weighted by Crippen LogP contribution is 2.28. The van der Waals surface area contributed by atoms with Gasteiger partial charge in [0.05, 0.1) is 29.6 Å². The van der Waals surface area contributed by atoms with Gasteiger partial charge in [-0.3, -0.25) is 4.79 Å². The summed E-state index contributed by atoms with van der Waals surface area (Å²) in [4.78, 5) is 12.4. The molecule has 1 fully saturated rings. The minimum absolute atomic E-state index is 0.0135. The number of anilines is 1. The molecule has 1 saturated heterocycles. The minimum Gasteiger partial charge on any atom is -0.495 e. The Kier molecular flexibility index (Phi) is 6.05. The van der Waals surface area contributed by atoms with E-state index in [0.29, 0.717) is 30.2 Å². The van der Waals surface area contributed by atoms with Gasteiger partial charge in [0.2, 0.25) is 11.8 Å². The quantitative estimate of drug-likeness (QED) is 0.690. The number of methoxy groups -OCH3 is 1. The molecular weight excluding hydrogens is 390 g/mol. The largest absolute Gasteiger partial charge is 0.495 e. The predicted octanol–water partition coefficient (Wildman–Crippen LogP) is 2.17. The fraction of sp³-hybridized carbons (Fsp3) is 0.471. The molecule has 2 heterocycles. The number of benzene rings is 1. The monoisotopic (exact) mass is 411 g/mol. The van der Waals surface area contributed by atoms with Crippen LogP contribution in [0.5, 0.6) is 5.75 Å². The van der Waals surface area contributed by atoms with E-state index in [0.717, 1.165) is 11.8 Å². The van der Waals surface area contributed by atoms with E-state index in [9.17, 15) is 13.2 Å². The Labute approximate surface area is 162 Å². The molecule has 10 heteroatoms. The van der Waals surface area contributed by atoms with Crippen LogP contribution in [0.25, 0.3) is 0 Å². The zero-order valence-electron chi connectivity index (χ0n) is 15.0. The first-order valence-electron chi connectivity index (χ1n) is 8.49. The van der Waals surface area contributed by atoms with Crippen molar-refractivity contribution in [2.75, 3.05) is 23.9 Å². The third-order valence-electron chi connectivity index (χ3n) is 4.25. The third-order valence-corrected chi connectivity index (χ3v) is 7.02. The highest BCUT2D eigenvalue weighted by molar-refractivity contribution is 8.00. The van der Waals surface area contributed by atoms with Crippen LogP contribution in [0, 0.1) is 5.92 Å². The van der Waals surface area contributed by atoms with Gasteiger partial charge in [0.1, 0.15) is 5.75 Å². The van der Waals surface area contributed by atoms with Crippen LogP contribution in [0.2, 0.25) is 0 Å². The molecule has 1 aromatic heterocycles. The summed E-state index contributed by atoms with van der Waals surface area (Å²) in [5.41, 5.74) is 0.589. The fourth-order valence-electron chi connectivity index (χ4n) is 2.84. The second-order valence-corrected chi connectivity index (χ2v) is 9.91. The van der Waals surface area contributed by atoms with Crippen molar-refractivity contribution in [3.05, 3.63) is 30.2 Å². The van der Waals surface area contributed by atoms with Gasteiger partial charge in [-0.05, 0) is 31.4 Å². The highest BCUT2D eigenvalue weighted by atomic mass is 32.2. The average Bonchev–Trinajstić information content (AvgIpc) is 3.21. The van der Waals surface area contributed by atoms with Gasteiger partial charge in [0.15, 0.2) is 9.84 Å². The lowest BCUT2D eigenvalue weighted by atomic mass is 10.1. The van der Waals surface area contributed by atoms with E-state index < -0.39 is 15.1 Å². The van der Waals surface area contributed by atoms with Crippen molar-refractivity contribution in [2.24, 2.45) is 5.92 Å². The number of carbonyl (C=O) groups excluding carboxylic acids is 1. The van der Waals surface area contributed by atoms with Crippen molar-refractivity contribution in [2.45, 2.75) is 30.2 Å². The number of ether oxygens (including phenoxy) is 1. The Morgan fingerprint density at radius 2 is 2.19 bits per heavy atom. The molecule has 0 bridgehead atoms. The number of hydrogen-bond donors (Lipinski definition) is 1. The zero-order valence-corrected chi connectivity index (χ0v) is 16.7. The molecule has 2 atom stereocenters. The molecule has 1 aliphatic heterocycles. The third kappa shape index (κ3) is 5.23. The Morgan fingerprint density at radius 3 is 2.89 bits per heavy atom. The number of amides is 1. The normalized spacial score (nSPS) is 19.6. The lowest BCUT2D eigenvalue weighted by Crippen LogP contribution is -2.22. The standard InChI is InChI=1S/C17H21N3O5S2/c1-11(16(21)18-13-5-3-4-6-14(13)24-2)26-17-20-19-15(25-17)9-12-7-8-27(22,23)10-12/h3-6,11-12H,7-10H2,1-2H3,(H,18,21)/t11-,12+/m0/s1. The lowest BCUT2D eigenvalue weighted by Gasteiger charge is -2.12. The molecule has 1 aromatic carbocycles. The molecule has 1 N–H and O–H groups in total. The van der Waals surface area contributed by atoms with Crippen LogP contribution >= 0.6 is 11.8 Å². The molecular formula is C17H21N3O5S2. The molecule has 146 valence electrons. The number of rotatable bonds is 7. The first-order valence-corrected chi connectivity index (χ1v) is 11.2. The molecule has 1 aliphatic rings. The molecule has 0 aliphatic carbocycles. The van der Waals surface area contributed by atoms with Crippen molar-refractivity contribution in [1.29, 1.82) is 0 Å². The van der Waals surface area contributed by atoms with Gasteiger partial charge in [-0.25, -0.2) is 8.42 Å². The number of thioether (sulfide) groups is 1. The zero-order chi connectivity index (χ0) is 19.4. The predicted molar refractivity (Wildman–Crippen MR) is 102 cm³/mol. The topological polar surface area (TPSA) is 111 Å². The second-order valence-electron chi connectivity index (χ2n) is 6.38. The van der Waals surface area contributed by atoms with Crippen LogP contribution in [-0.4, -0.2) is 48.4 Å². The first-order chi connectivity index (χ1) is 12.9.